The number of pyridine rings is 1. The van der Waals surface area contributed by atoms with E-state index < -0.39 is 0 Å². The molecule has 0 aromatic carbocycles. The molecule has 1 aromatic heterocycles. The molecule has 0 radical (unpaired) electrons. The number of hydrogen-bond donors (Lipinski definition) is 1. The first-order chi connectivity index (χ1) is 8.04. The summed E-state index contributed by atoms with van der Waals surface area (Å²) < 4.78 is 0. The summed E-state index contributed by atoms with van der Waals surface area (Å²) in [5.74, 6) is 0.983. The molecule has 0 amide bonds. The third-order valence-corrected chi connectivity index (χ3v) is 2.88. The first kappa shape index (κ1) is 14.3. The number of aromatic nitrogens is 1. The molecule has 0 aliphatic heterocycles. The summed E-state index contributed by atoms with van der Waals surface area (Å²) in [6, 6.07) is 4.33. The van der Waals surface area contributed by atoms with Crippen LogP contribution in [0.3, 0.4) is 0 Å². The summed E-state index contributed by atoms with van der Waals surface area (Å²) in [4.78, 5) is 6.74. The SMILES string of the molecule is CCCN(C)c1ccc(Cl)c(CNC(C)C)n1. The van der Waals surface area contributed by atoms with Crippen LogP contribution in [-0.2, 0) is 6.54 Å². The highest BCUT2D eigenvalue weighted by atomic mass is 35.5. The standard InChI is InChI=1S/C13H22ClN3/c1-5-8-17(4)13-7-6-11(14)12(16-13)9-15-10(2)3/h6-7,10,15H,5,8-9H2,1-4H3. The molecular formula is C13H22ClN3. The van der Waals surface area contributed by atoms with E-state index in [1.165, 1.54) is 0 Å². The highest BCUT2D eigenvalue weighted by molar-refractivity contribution is 6.31. The van der Waals surface area contributed by atoms with Crippen LogP contribution < -0.4 is 10.2 Å². The van der Waals surface area contributed by atoms with Crippen molar-refractivity contribution in [2.45, 2.75) is 39.8 Å². The van der Waals surface area contributed by atoms with Crippen LogP contribution in [0.25, 0.3) is 0 Å². The van der Waals surface area contributed by atoms with Gasteiger partial charge in [0.05, 0.1) is 10.7 Å². The number of nitrogens with zero attached hydrogens (tertiary/aromatic N) is 2. The van der Waals surface area contributed by atoms with Crippen molar-refractivity contribution in [1.29, 1.82) is 0 Å². The zero-order chi connectivity index (χ0) is 12.8. The van der Waals surface area contributed by atoms with E-state index in [2.05, 4.69) is 43.0 Å². The Hall–Kier alpha value is -0.800. The molecule has 17 heavy (non-hydrogen) atoms. The van der Waals surface area contributed by atoms with Crippen LogP contribution in [0.5, 0.6) is 0 Å². The quantitative estimate of drug-likeness (QED) is 0.847. The van der Waals surface area contributed by atoms with Crippen molar-refractivity contribution in [3.8, 4) is 0 Å². The molecule has 1 N–H and O–H groups in total. The minimum atomic E-state index is 0.435. The van der Waals surface area contributed by atoms with Gasteiger partial charge in [-0.2, -0.15) is 0 Å². The molecule has 0 saturated heterocycles. The summed E-state index contributed by atoms with van der Waals surface area (Å²) in [7, 11) is 2.05. The average Bonchev–Trinajstić information content (AvgIpc) is 2.28. The topological polar surface area (TPSA) is 28.2 Å². The Bertz CT molecular complexity index is 353. The molecule has 3 nitrogen and oxygen atoms in total. The lowest BCUT2D eigenvalue weighted by Gasteiger charge is -2.18. The van der Waals surface area contributed by atoms with Crippen molar-refractivity contribution in [3.63, 3.8) is 0 Å². The summed E-state index contributed by atoms with van der Waals surface area (Å²) >= 11 is 6.14. The van der Waals surface area contributed by atoms with Gasteiger partial charge in [-0.1, -0.05) is 32.4 Å². The third kappa shape index (κ3) is 4.52. The Labute approximate surface area is 109 Å². The van der Waals surface area contributed by atoms with Crippen LogP contribution >= 0.6 is 11.6 Å². The van der Waals surface area contributed by atoms with Crippen LogP contribution in [0.15, 0.2) is 12.1 Å². The maximum atomic E-state index is 6.14. The monoisotopic (exact) mass is 255 g/mol. The van der Waals surface area contributed by atoms with Gasteiger partial charge < -0.3 is 10.2 Å². The molecule has 96 valence electrons. The Balaban J connectivity index is 2.78. The minimum absolute atomic E-state index is 0.435. The fourth-order valence-electron chi connectivity index (χ4n) is 1.56. The largest absolute Gasteiger partial charge is 0.360 e. The van der Waals surface area contributed by atoms with E-state index in [1.807, 2.05) is 12.1 Å². The van der Waals surface area contributed by atoms with Gasteiger partial charge in [-0.3, -0.25) is 0 Å². The predicted molar refractivity (Wildman–Crippen MR) is 74.8 cm³/mol. The first-order valence-electron chi connectivity index (χ1n) is 6.14. The summed E-state index contributed by atoms with van der Waals surface area (Å²) in [6.45, 7) is 8.10. The number of anilines is 1. The van der Waals surface area contributed by atoms with Gasteiger partial charge in [-0.15, -0.1) is 0 Å². The lowest BCUT2D eigenvalue weighted by Crippen LogP contribution is -2.24. The molecule has 0 bridgehead atoms. The molecule has 0 unspecified atom stereocenters. The molecule has 1 heterocycles. The van der Waals surface area contributed by atoms with Crippen molar-refractivity contribution in [2.75, 3.05) is 18.5 Å². The zero-order valence-electron chi connectivity index (χ0n) is 11.1. The van der Waals surface area contributed by atoms with Gasteiger partial charge in [0, 0.05) is 26.2 Å². The molecule has 0 saturated carbocycles. The second kappa shape index (κ2) is 6.82. The Morgan fingerprint density at radius 1 is 1.41 bits per heavy atom. The smallest absolute Gasteiger partial charge is 0.128 e. The third-order valence-electron chi connectivity index (χ3n) is 2.53. The van der Waals surface area contributed by atoms with Crippen LogP contribution in [0.4, 0.5) is 5.82 Å². The van der Waals surface area contributed by atoms with E-state index in [4.69, 9.17) is 11.6 Å². The number of halogens is 1. The molecule has 0 aliphatic rings. The van der Waals surface area contributed by atoms with Gasteiger partial charge in [-0.05, 0) is 18.6 Å². The van der Waals surface area contributed by atoms with Crippen LogP contribution in [0, 0.1) is 0 Å². The van der Waals surface area contributed by atoms with E-state index in [0.717, 1.165) is 29.5 Å². The van der Waals surface area contributed by atoms with E-state index in [-0.39, 0.29) is 0 Å². The molecule has 0 atom stereocenters. The second-order valence-electron chi connectivity index (χ2n) is 4.56. The first-order valence-corrected chi connectivity index (χ1v) is 6.52. The second-order valence-corrected chi connectivity index (χ2v) is 4.96. The van der Waals surface area contributed by atoms with Crippen LogP contribution in [0.1, 0.15) is 32.9 Å². The Morgan fingerprint density at radius 2 is 2.12 bits per heavy atom. The van der Waals surface area contributed by atoms with Gasteiger partial charge in [0.15, 0.2) is 0 Å². The molecular weight excluding hydrogens is 234 g/mol. The molecule has 0 spiro atoms. The molecule has 0 aliphatic carbocycles. The van der Waals surface area contributed by atoms with E-state index in [1.54, 1.807) is 0 Å². The van der Waals surface area contributed by atoms with Gasteiger partial charge in [0.1, 0.15) is 5.82 Å². The highest BCUT2D eigenvalue weighted by Crippen LogP contribution is 2.18. The fraction of sp³-hybridized carbons (Fsp3) is 0.615. The molecule has 1 aromatic rings. The van der Waals surface area contributed by atoms with Gasteiger partial charge >= 0.3 is 0 Å². The van der Waals surface area contributed by atoms with E-state index in [0.29, 0.717) is 12.6 Å². The van der Waals surface area contributed by atoms with Crippen molar-refractivity contribution >= 4 is 17.4 Å². The predicted octanol–water partition coefficient (Wildman–Crippen LogP) is 3.08. The molecule has 0 fully saturated rings. The van der Waals surface area contributed by atoms with Crippen LogP contribution in [0.2, 0.25) is 5.02 Å². The number of nitrogens with one attached hydrogen (secondary N) is 1. The summed E-state index contributed by atoms with van der Waals surface area (Å²) in [6.07, 6.45) is 1.11. The Kier molecular flexibility index (Phi) is 5.72. The molecule has 1 rings (SSSR count). The average molecular weight is 256 g/mol. The van der Waals surface area contributed by atoms with Crippen LogP contribution in [-0.4, -0.2) is 24.6 Å². The van der Waals surface area contributed by atoms with Gasteiger partial charge in [0.25, 0.3) is 0 Å². The normalized spacial score (nSPS) is 10.9. The lowest BCUT2D eigenvalue weighted by molar-refractivity contribution is 0.581. The molecule has 4 heteroatoms. The maximum absolute atomic E-state index is 6.14. The van der Waals surface area contributed by atoms with Crippen molar-refractivity contribution < 1.29 is 0 Å². The number of hydrogen-bond acceptors (Lipinski definition) is 3. The van der Waals surface area contributed by atoms with E-state index in [9.17, 15) is 0 Å². The van der Waals surface area contributed by atoms with Crippen molar-refractivity contribution in [3.05, 3.63) is 22.8 Å². The van der Waals surface area contributed by atoms with Gasteiger partial charge in [-0.25, -0.2) is 4.98 Å². The summed E-state index contributed by atoms with van der Waals surface area (Å²) in [5, 5.41) is 4.06. The fourth-order valence-corrected chi connectivity index (χ4v) is 1.73. The zero-order valence-corrected chi connectivity index (χ0v) is 11.9. The minimum Gasteiger partial charge on any atom is -0.360 e. The summed E-state index contributed by atoms with van der Waals surface area (Å²) in [5.41, 5.74) is 0.917. The van der Waals surface area contributed by atoms with E-state index >= 15 is 0 Å². The highest BCUT2D eigenvalue weighted by Gasteiger charge is 2.07. The number of rotatable bonds is 6. The van der Waals surface area contributed by atoms with Crippen molar-refractivity contribution in [2.24, 2.45) is 0 Å². The maximum Gasteiger partial charge on any atom is 0.128 e. The lowest BCUT2D eigenvalue weighted by atomic mass is 10.3. The van der Waals surface area contributed by atoms with Crippen molar-refractivity contribution in [1.82, 2.24) is 10.3 Å². The van der Waals surface area contributed by atoms with Gasteiger partial charge in [0.2, 0.25) is 0 Å². The Morgan fingerprint density at radius 3 is 2.71 bits per heavy atom.